The maximum Gasteiger partial charge on any atom is 0.0722 e. The van der Waals surface area contributed by atoms with Crippen molar-refractivity contribution in [3.8, 4) is 0 Å². The van der Waals surface area contributed by atoms with Crippen molar-refractivity contribution >= 4 is 0 Å². The predicted octanol–water partition coefficient (Wildman–Crippen LogP) is 1.64. The fraction of sp³-hybridized carbons (Fsp3) is 0.786. The molecule has 0 saturated carbocycles. The summed E-state index contributed by atoms with van der Waals surface area (Å²) in [6, 6.07) is 0.400. The average molecular weight is 250 g/mol. The monoisotopic (exact) mass is 250 g/mol. The summed E-state index contributed by atoms with van der Waals surface area (Å²) < 4.78 is 1.94. The van der Waals surface area contributed by atoms with E-state index in [1.54, 1.807) is 0 Å². The van der Waals surface area contributed by atoms with Gasteiger partial charge in [0.2, 0.25) is 0 Å². The molecule has 1 aromatic heterocycles. The summed E-state index contributed by atoms with van der Waals surface area (Å²) in [4.78, 5) is 2.50. The number of rotatable bonds is 2. The van der Waals surface area contributed by atoms with E-state index in [9.17, 15) is 0 Å². The van der Waals surface area contributed by atoms with Gasteiger partial charge in [-0.1, -0.05) is 20.8 Å². The van der Waals surface area contributed by atoms with Crippen LogP contribution in [0.4, 0.5) is 0 Å². The first-order chi connectivity index (χ1) is 8.36. The number of nitrogens with two attached hydrogens (primary N) is 1. The summed E-state index contributed by atoms with van der Waals surface area (Å²) >= 11 is 0. The van der Waals surface area contributed by atoms with E-state index >= 15 is 0 Å². The van der Waals surface area contributed by atoms with E-state index in [0.29, 0.717) is 6.04 Å². The second-order valence-corrected chi connectivity index (χ2v) is 6.54. The maximum atomic E-state index is 5.95. The van der Waals surface area contributed by atoms with E-state index in [-0.39, 0.29) is 5.41 Å². The highest BCUT2D eigenvalue weighted by molar-refractivity contribution is 5.24. The Labute approximate surface area is 110 Å². The fourth-order valence-electron chi connectivity index (χ4n) is 2.64. The third kappa shape index (κ3) is 3.12. The minimum atomic E-state index is 0.114. The van der Waals surface area contributed by atoms with Crippen molar-refractivity contribution in [3.05, 3.63) is 17.5 Å². The molecule has 0 atom stereocenters. The lowest BCUT2D eigenvalue weighted by Crippen LogP contribution is -2.39. The molecule has 1 saturated heterocycles. The molecule has 2 N–H and O–H groups in total. The molecule has 0 bridgehead atoms. The van der Waals surface area contributed by atoms with Crippen LogP contribution in [-0.4, -0.2) is 33.8 Å². The minimum Gasteiger partial charge on any atom is -0.328 e. The molecule has 18 heavy (non-hydrogen) atoms. The lowest BCUT2D eigenvalue weighted by Gasteiger charge is -2.30. The highest BCUT2D eigenvalue weighted by Crippen LogP contribution is 2.25. The summed E-state index contributed by atoms with van der Waals surface area (Å²) in [5, 5.41) is 4.63. The number of nitrogens with zero attached hydrogens (tertiary/aromatic N) is 3. The van der Waals surface area contributed by atoms with Crippen LogP contribution in [0.15, 0.2) is 6.20 Å². The average Bonchev–Trinajstić information content (AvgIpc) is 2.63. The topological polar surface area (TPSA) is 47.1 Å². The van der Waals surface area contributed by atoms with Gasteiger partial charge in [0.15, 0.2) is 0 Å². The van der Waals surface area contributed by atoms with Gasteiger partial charge in [-0.3, -0.25) is 9.58 Å². The van der Waals surface area contributed by atoms with Gasteiger partial charge in [0, 0.05) is 36.8 Å². The largest absolute Gasteiger partial charge is 0.328 e. The van der Waals surface area contributed by atoms with Crippen molar-refractivity contribution < 1.29 is 0 Å². The number of hydrogen-bond acceptors (Lipinski definition) is 3. The Morgan fingerprint density at radius 3 is 2.50 bits per heavy atom. The van der Waals surface area contributed by atoms with Crippen LogP contribution in [0.25, 0.3) is 0 Å². The van der Waals surface area contributed by atoms with Gasteiger partial charge in [0.05, 0.1) is 5.69 Å². The highest BCUT2D eigenvalue weighted by atomic mass is 15.3. The molecule has 4 nitrogen and oxygen atoms in total. The highest BCUT2D eigenvalue weighted by Gasteiger charge is 2.24. The van der Waals surface area contributed by atoms with E-state index in [0.717, 1.165) is 32.5 Å². The molecule has 2 heterocycles. The van der Waals surface area contributed by atoms with E-state index in [1.165, 1.54) is 11.3 Å². The van der Waals surface area contributed by atoms with Gasteiger partial charge in [-0.15, -0.1) is 0 Å². The van der Waals surface area contributed by atoms with Crippen LogP contribution in [0.1, 0.15) is 44.9 Å². The SMILES string of the molecule is Cn1cc(CN2CCC(N)CC2)c(C(C)(C)C)n1. The van der Waals surface area contributed by atoms with Crippen molar-refractivity contribution in [1.29, 1.82) is 0 Å². The van der Waals surface area contributed by atoms with Crippen LogP contribution in [-0.2, 0) is 19.0 Å². The summed E-state index contributed by atoms with van der Waals surface area (Å²) in [5.74, 6) is 0. The zero-order valence-electron chi connectivity index (χ0n) is 12.1. The van der Waals surface area contributed by atoms with E-state index in [4.69, 9.17) is 5.73 Å². The molecule has 102 valence electrons. The van der Waals surface area contributed by atoms with E-state index < -0.39 is 0 Å². The van der Waals surface area contributed by atoms with Crippen LogP contribution in [0.3, 0.4) is 0 Å². The lowest BCUT2D eigenvalue weighted by atomic mass is 9.89. The van der Waals surface area contributed by atoms with Gasteiger partial charge in [-0.05, 0) is 25.9 Å². The maximum absolute atomic E-state index is 5.95. The molecule has 0 unspecified atom stereocenters. The first-order valence-electron chi connectivity index (χ1n) is 6.87. The molecule has 1 aromatic rings. The van der Waals surface area contributed by atoms with Crippen molar-refractivity contribution in [2.45, 2.75) is 51.6 Å². The van der Waals surface area contributed by atoms with Crippen molar-refractivity contribution in [2.24, 2.45) is 12.8 Å². The Morgan fingerprint density at radius 1 is 1.33 bits per heavy atom. The first kappa shape index (κ1) is 13.6. The zero-order valence-corrected chi connectivity index (χ0v) is 12.1. The normalized spacial score (nSPS) is 19.4. The standard InChI is InChI=1S/C14H26N4/c1-14(2,3)13-11(9-17(4)16-13)10-18-7-5-12(15)6-8-18/h9,12H,5-8,10,15H2,1-4H3. The molecule has 2 rings (SSSR count). The molecule has 0 aliphatic carbocycles. The lowest BCUT2D eigenvalue weighted by molar-refractivity contribution is 0.204. The fourth-order valence-corrected chi connectivity index (χ4v) is 2.64. The predicted molar refractivity (Wildman–Crippen MR) is 74.4 cm³/mol. The molecule has 0 spiro atoms. The molecule has 4 heteroatoms. The van der Waals surface area contributed by atoms with Crippen LogP contribution in [0.5, 0.6) is 0 Å². The van der Waals surface area contributed by atoms with Crippen LogP contribution in [0, 0.1) is 0 Å². The van der Waals surface area contributed by atoms with E-state index in [2.05, 4.69) is 37.0 Å². The van der Waals surface area contributed by atoms with E-state index in [1.807, 2.05) is 11.7 Å². The Bertz CT molecular complexity index is 394. The smallest absolute Gasteiger partial charge is 0.0722 e. The van der Waals surface area contributed by atoms with Gasteiger partial charge >= 0.3 is 0 Å². The number of aryl methyl sites for hydroxylation is 1. The van der Waals surface area contributed by atoms with Gasteiger partial charge in [0.25, 0.3) is 0 Å². The first-order valence-corrected chi connectivity index (χ1v) is 6.87. The Balaban J connectivity index is 2.09. The van der Waals surface area contributed by atoms with Crippen LogP contribution < -0.4 is 5.73 Å². The van der Waals surface area contributed by atoms with Crippen LogP contribution in [0.2, 0.25) is 0 Å². The molecule has 1 aliphatic heterocycles. The molecule has 1 fully saturated rings. The Kier molecular flexibility index (Phi) is 3.78. The number of aromatic nitrogens is 2. The third-order valence-electron chi connectivity index (χ3n) is 3.64. The zero-order chi connectivity index (χ0) is 13.3. The number of hydrogen-bond donors (Lipinski definition) is 1. The minimum absolute atomic E-state index is 0.114. The summed E-state index contributed by atoms with van der Waals surface area (Å²) in [5.41, 5.74) is 8.65. The number of piperidine rings is 1. The second-order valence-electron chi connectivity index (χ2n) is 6.54. The Hall–Kier alpha value is -0.870. The van der Waals surface area contributed by atoms with Crippen LogP contribution >= 0.6 is 0 Å². The molecule has 0 radical (unpaired) electrons. The summed E-state index contributed by atoms with van der Waals surface area (Å²) in [6.07, 6.45) is 4.39. The van der Waals surface area contributed by atoms with Crippen molar-refractivity contribution in [1.82, 2.24) is 14.7 Å². The molecular weight excluding hydrogens is 224 g/mol. The van der Waals surface area contributed by atoms with Gasteiger partial charge in [0.1, 0.15) is 0 Å². The van der Waals surface area contributed by atoms with Gasteiger partial charge in [-0.25, -0.2) is 0 Å². The van der Waals surface area contributed by atoms with Crippen molar-refractivity contribution in [2.75, 3.05) is 13.1 Å². The Morgan fingerprint density at radius 2 is 1.94 bits per heavy atom. The van der Waals surface area contributed by atoms with Gasteiger partial charge < -0.3 is 5.73 Å². The van der Waals surface area contributed by atoms with Gasteiger partial charge in [-0.2, -0.15) is 5.10 Å². The second kappa shape index (κ2) is 5.02. The quantitative estimate of drug-likeness (QED) is 0.868. The molecule has 1 aliphatic rings. The third-order valence-corrected chi connectivity index (χ3v) is 3.64. The number of likely N-dealkylation sites (tertiary alicyclic amines) is 1. The summed E-state index contributed by atoms with van der Waals surface area (Å²) in [6.45, 7) is 9.91. The molecule has 0 aromatic carbocycles. The molecule has 0 amide bonds. The summed E-state index contributed by atoms with van der Waals surface area (Å²) in [7, 11) is 2.00. The van der Waals surface area contributed by atoms with Crippen molar-refractivity contribution in [3.63, 3.8) is 0 Å². The molecular formula is C14H26N4.